The summed E-state index contributed by atoms with van der Waals surface area (Å²) >= 11 is 0. The Labute approximate surface area is 195 Å². The van der Waals surface area contributed by atoms with Crippen molar-refractivity contribution in [3.05, 3.63) is 42.5 Å². The number of ether oxygens (including phenoxy) is 1. The molecule has 1 aromatic heterocycles. The van der Waals surface area contributed by atoms with E-state index < -0.39 is 0 Å². The van der Waals surface area contributed by atoms with E-state index in [1.54, 1.807) is 4.90 Å². The third-order valence-electron chi connectivity index (χ3n) is 6.26. The maximum Gasteiger partial charge on any atom is 0.242 e. The highest BCUT2D eigenvalue weighted by atomic mass is 16.5. The topological polar surface area (TPSA) is 78.9 Å². The molecule has 1 atom stereocenters. The van der Waals surface area contributed by atoms with E-state index in [-0.39, 0.29) is 30.4 Å². The minimum Gasteiger partial charge on any atom is -0.376 e. The van der Waals surface area contributed by atoms with Crippen molar-refractivity contribution in [1.82, 2.24) is 20.0 Å². The molecule has 2 fully saturated rings. The first-order chi connectivity index (χ1) is 16.0. The van der Waals surface area contributed by atoms with Crippen LogP contribution in [0.4, 0.5) is 5.82 Å². The molecule has 3 heterocycles. The predicted octanol–water partition coefficient (Wildman–Crippen LogP) is 2.46. The zero-order valence-corrected chi connectivity index (χ0v) is 19.5. The molecule has 2 saturated heterocycles. The molecule has 1 aromatic carbocycles. The smallest absolute Gasteiger partial charge is 0.242 e. The van der Waals surface area contributed by atoms with Crippen LogP contribution in [-0.2, 0) is 14.3 Å². The van der Waals surface area contributed by atoms with E-state index in [0.717, 1.165) is 36.5 Å². The van der Waals surface area contributed by atoms with Crippen molar-refractivity contribution in [2.75, 3.05) is 50.8 Å². The first-order valence-electron chi connectivity index (χ1n) is 11.8. The molecule has 2 amide bonds. The van der Waals surface area contributed by atoms with Crippen LogP contribution in [0.1, 0.15) is 26.7 Å². The SMILES string of the molecule is CC(C)C(=O)N(CC(=O)N1CCN(c2ccc(-c3ccccc3)nn2)CC1)C[C@H]1CCCO1. The molecule has 0 unspecified atom stereocenters. The average Bonchev–Trinajstić information content (AvgIpc) is 3.37. The lowest BCUT2D eigenvalue weighted by atomic mass is 10.1. The highest BCUT2D eigenvalue weighted by Gasteiger charge is 2.29. The van der Waals surface area contributed by atoms with E-state index in [1.165, 1.54) is 0 Å². The Morgan fingerprint density at radius 1 is 1.06 bits per heavy atom. The fraction of sp³-hybridized carbons (Fsp3) is 0.520. The van der Waals surface area contributed by atoms with E-state index in [2.05, 4.69) is 15.1 Å². The Balaban J connectivity index is 1.31. The summed E-state index contributed by atoms with van der Waals surface area (Å²) in [6.07, 6.45) is 1.99. The summed E-state index contributed by atoms with van der Waals surface area (Å²) in [6.45, 7) is 7.67. The number of hydrogen-bond donors (Lipinski definition) is 0. The molecule has 0 spiro atoms. The third kappa shape index (κ3) is 5.87. The van der Waals surface area contributed by atoms with Gasteiger partial charge in [-0.2, -0.15) is 0 Å². The Morgan fingerprint density at radius 3 is 2.42 bits per heavy atom. The summed E-state index contributed by atoms with van der Waals surface area (Å²) in [5.74, 6) is 0.670. The second-order valence-electron chi connectivity index (χ2n) is 9.02. The van der Waals surface area contributed by atoms with Crippen molar-refractivity contribution in [1.29, 1.82) is 0 Å². The summed E-state index contributed by atoms with van der Waals surface area (Å²) in [5.41, 5.74) is 1.88. The van der Waals surface area contributed by atoms with E-state index in [1.807, 2.05) is 61.2 Å². The van der Waals surface area contributed by atoms with Gasteiger partial charge in [-0.15, -0.1) is 10.2 Å². The maximum atomic E-state index is 13.0. The van der Waals surface area contributed by atoms with Crippen LogP contribution in [0, 0.1) is 5.92 Å². The van der Waals surface area contributed by atoms with Gasteiger partial charge < -0.3 is 19.4 Å². The molecule has 8 heteroatoms. The maximum absolute atomic E-state index is 13.0. The number of piperazine rings is 1. The Morgan fingerprint density at radius 2 is 1.82 bits per heavy atom. The van der Waals surface area contributed by atoms with Crippen molar-refractivity contribution in [3.8, 4) is 11.3 Å². The number of aromatic nitrogens is 2. The van der Waals surface area contributed by atoms with Gasteiger partial charge in [-0.3, -0.25) is 9.59 Å². The molecule has 4 rings (SSSR count). The van der Waals surface area contributed by atoms with Gasteiger partial charge in [-0.05, 0) is 25.0 Å². The number of amides is 2. The monoisotopic (exact) mass is 451 g/mol. The van der Waals surface area contributed by atoms with Crippen LogP contribution < -0.4 is 4.90 Å². The number of carbonyl (C=O) groups is 2. The Kier molecular flexibility index (Phi) is 7.54. The zero-order chi connectivity index (χ0) is 23.2. The summed E-state index contributed by atoms with van der Waals surface area (Å²) < 4.78 is 5.70. The first kappa shape index (κ1) is 23.2. The van der Waals surface area contributed by atoms with Gasteiger partial charge in [0.1, 0.15) is 0 Å². The quantitative estimate of drug-likeness (QED) is 0.644. The second kappa shape index (κ2) is 10.7. The van der Waals surface area contributed by atoms with E-state index >= 15 is 0 Å². The molecule has 2 aliphatic heterocycles. The van der Waals surface area contributed by atoms with Gasteiger partial charge in [0.2, 0.25) is 11.8 Å². The van der Waals surface area contributed by atoms with Crippen LogP contribution >= 0.6 is 0 Å². The van der Waals surface area contributed by atoms with Crippen LogP contribution in [0.3, 0.4) is 0 Å². The van der Waals surface area contributed by atoms with E-state index in [4.69, 9.17) is 4.74 Å². The molecule has 0 aliphatic carbocycles. The number of anilines is 1. The lowest BCUT2D eigenvalue weighted by Crippen LogP contribution is -2.53. The fourth-order valence-corrected chi connectivity index (χ4v) is 4.34. The van der Waals surface area contributed by atoms with Crippen molar-refractivity contribution in [2.24, 2.45) is 5.92 Å². The van der Waals surface area contributed by atoms with Crippen molar-refractivity contribution in [2.45, 2.75) is 32.8 Å². The average molecular weight is 452 g/mol. The molecule has 0 bridgehead atoms. The number of rotatable bonds is 7. The van der Waals surface area contributed by atoms with Crippen LogP contribution in [0.25, 0.3) is 11.3 Å². The van der Waals surface area contributed by atoms with Gasteiger partial charge in [0.25, 0.3) is 0 Å². The molecule has 0 radical (unpaired) electrons. The van der Waals surface area contributed by atoms with Crippen LogP contribution in [0.2, 0.25) is 0 Å². The van der Waals surface area contributed by atoms with Gasteiger partial charge in [-0.25, -0.2) is 0 Å². The molecule has 176 valence electrons. The van der Waals surface area contributed by atoms with Crippen LogP contribution in [0.5, 0.6) is 0 Å². The number of nitrogens with zero attached hydrogens (tertiary/aromatic N) is 5. The molecule has 2 aromatic rings. The minimum atomic E-state index is -0.145. The number of carbonyl (C=O) groups excluding carboxylic acids is 2. The second-order valence-corrected chi connectivity index (χ2v) is 9.02. The summed E-state index contributed by atoms with van der Waals surface area (Å²) in [6, 6.07) is 13.9. The molecule has 2 aliphatic rings. The molecule has 33 heavy (non-hydrogen) atoms. The van der Waals surface area contributed by atoms with Crippen molar-refractivity contribution >= 4 is 17.6 Å². The molecular weight excluding hydrogens is 418 g/mol. The van der Waals surface area contributed by atoms with E-state index in [9.17, 15) is 9.59 Å². The van der Waals surface area contributed by atoms with Crippen molar-refractivity contribution < 1.29 is 14.3 Å². The highest BCUT2D eigenvalue weighted by Crippen LogP contribution is 2.19. The standard InChI is InChI=1S/C25H33N5O3/c1-19(2)25(32)30(17-21-9-6-16-33-21)18-24(31)29-14-12-28(13-15-29)23-11-10-22(26-27-23)20-7-4-3-5-8-20/h3-5,7-8,10-11,19,21H,6,9,12-18H2,1-2H3/t21-/m1/s1. The van der Waals surface area contributed by atoms with Crippen LogP contribution in [0.15, 0.2) is 42.5 Å². The van der Waals surface area contributed by atoms with Gasteiger partial charge in [0.05, 0.1) is 18.3 Å². The normalized spacial score (nSPS) is 18.6. The molecular formula is C25H33N5O3. The highest BCUT2D eigenvalue weighted by molar-refractivity contribution is 5.85. The zero-order valence-electron chi connectivity index (χ0n) is 19.5. The molecule has 0 saturated carbocycles. The third-order valence-corrected chi connectivity index (χ3v) is 6.26. The largest absolute Gasteiger partial charge is 0.376 e. The first-order valence-corrected chi connectivity index (χ1v) is 11.8. The number of hydrogen-bond acceptors (Lipinski definition) is 6. The summed E-state index contributed by atoms with van der Waals surface area (Å²) in [7, 11) is 0. The molecule has 0 N–H and O–H groups in total. The lowest BCUT2D eigenvalue weighted by molar-refractivity contribution is -0.143. The predicted molar refractivity (Wildman–Crippen MR) is 127 cm³/mol. The summed E-state index contributed by atoms with van der Waals surface area (Å²) in [4.78, 5) is 31.4. The minimum absolute atomic E-state index is 0.00580. The van der Waals surface area contributed by atoms with Gasteiger partial charge in [-0.1, -0.05) is 44.2 Å². The lowest BCUT2D eigenvalue weighted by Gasteiger charge is -2.36. The Hall–Kier alpha value is -3.00. The van der Waals surface area contributed by atoms with Crippen LogP contribution in [-0.4, -0.2) is 83.8 Å². The van der Waals surface area contributed by atoms with Gasteiger partial charge in [0.15, 0.2) is 5.82 Å². The van der Waals surface area contributed by atoms with Gasteiger partial charge >= 0.3 is 0 Å². The Bertz CT molecular complexity index is 921. The van der Waals surface area contributed by atoms with Gasteiger partial charge in [0, 0.05) is 50.8 Å². The van der Waals surface area contributed by atoms with Crippen molar-refractivity contribution in [3.63, 3.8) is 0 Å². The fourth-order valence-electron chi connectivity index (χ4n) is 4.34. The summed E-state index contributed by atoms with van der Waals surface area (Å²) in [5, 5.41) is 8.78. The van der Waals surface area contributed by atoms with E-state index in [0.29, 0.717) is 32.7 Å². The molecule has 8 nitrogen and oxygen atoms in total. The number of benzene rings is 1.